The van der Waals surface area contributed by atoms with E-state index in [0.717, 1.165) is 12.0 Å². The van der Waals surface area contributed by atoms with Crippen molar-refractivity contribution in [3.05, 3.63) is 64.3 Å². The maximum Gasteiger partial charge on any atom is 0.436 e. The summed E-state index contributed by atoms with van der Waals surface area (Å²) >= 11 is 0. The van der Waals surface area contributed by atoms with E-state index < -0.39 is 24.5 Å². The summed E-state index contributed by atoms with van der Waals surface area (Å²) in [6.07, 6.45) is -3.45. The van der Waals surface area contributed by atoms with E-state index >= 15 is 13.2 Å². The van der Waals surface area contributed by atoms with E-state index in [2.05, 4.69) is 9.72 Å². The van der Waals surface area contributed by atoms with Gasteiger partial charge in [0.25, 0.3) is 5.72 Å². The fourth-order valence-corrected chi connectivity index (χ4v) is 4.52. The number of carbonyl (C=O) groups is 1. The molecule has 0 amide bonds. The summed E-state index contributed by atoms with van der Waals surface area (Å²) in [7, 11) is 2.36. The molecular formula is C24H22F3N3O4. The standard InChI is InChI=1S/C24H22F3N3O4/c1-14-8-19(32-2)21(18-6-7-29-22(14)18)23(24(25,26)27,34-13-20(31)33-3)30-11-16-5-4-15(10-28)9-17(16)12-30/h4-9,29H,11-13H2,1-3H3. The summed E-state index contributed by atoms with van der Waals surface area (Å²) in [6, 6.07) is 9.80. The topological polar surface area (TPSA) is 87.6 Å². The third-order valence-corrected chi connectivity index (χ3v) is 6.08. The van der Waals surface area contributed by atoms with E-state index in [1.165, 1.54) is 19.2 Å². The molecule has 1 aliphatic heterocycles. The van der Waals surface area contributed by atoms with Crippen molar-refractivity contribution in [1.29, 1.82) is 5.26 Å². The fraction of sp³-hybridized carbons (Fsp3) is 0.333. The third kappa shape index (κ3) is 3.67. The monoisotopic (exact) mass is 473 g/mol. The van der Waals surface area contributed by atoms with Gasteiger partial charge in [0.15, 0.2) is 0 Å². The van der Waals surface area contributed by atoms with Gasteiger partial charge in [0.2, 0.25) is 0 Å². The molecule has 0 fully saturated rings. The molecule has 0 aliphatic carbocycles. The molecule has 0 saturated carbocycles. The second-order valence-electron chi connectivity index (χ2n) is 8.00. The number of ether oxygens (including phenoxy) is 3. The number of halogens is 3. The Bertz CT molecular complexity index is 1300. The van der Waals surface area contributed by atoms with Gasteiger partial charge in [0, 0.05) is 30.2 Å². The van der Waals surface area contributed by atoms with Gasteiger partial charge in [0.05, 0.1) is 31.4 Å². The van der Waals surface area contributed by atoms with Gasteiger partial charge in [-0.3, -0.25) is 4.90 Å². The number of carbonyl (C=O) groups excluding carboxylic acids is 1. The number of nitrogens with one attached hydrogen (secondary N) is 1. The summed E-state index contributed by atoms with van der Waals surface area (Å²) in [4.78, 5) is 16.0. The van der Waals surface area contributed by atoms with Crippen LogP contribution < -0.4 is 4.74 Å². The highest BCUT2D eigenvalue weighted by molar-refractivity contribution is 5.89. The van der Waals surface area contributed by atoms with Crippen molar-refractivity contribution in [2.24, 2.45) is 0 Å². The second kappa shape index (κ2) is 8.66. The van der Waals surface area contributed by atoms with Crippen LogP contribution in [0.5, 0.6) is 5.75 Å². The molecule has 0 radical (unpaired) electrons. The van der Waals surface area contributed by atoms with E-state index in [1.807, 2.05) is 6.07 Å². The van der Waals surface area contributed by atoms with Crippen molar-refractivity contribution >= 4 is 16.9 Å². The van der Waals surface area contributed by atoms with Crippen molar-refractivity contribution in [2.75, 3.05) is 20.8 Å². The maximum atomic E-state index is 15.2. The Balaban J connectivity index is 1.99. The molecule has 2 heterocycles. The summed E-state index contributed by atoms with van der Waals surface area (Å²) in [5.41, 5.74) is -0.581. The minimum absolute atomic E-state index is 0.0274. The largest absolute Gasteiger partial charge is 0.496 e. The average molecular weight is 473 g/mol. The number of alkyl halides is 3. The molecule has 0 saturated heterocycles. The summed E-state index contributed by atoms with van der Waals surface area (Å²) in [6.45, 7) is 0.541. The Kier molecular flexibility index (Phi) is 6.02. The predicted octanol–water partition coefficient (Wildman–Crippen LogP) is 4.28. The number of aromatic amines is 1. The Morgan fingerprint density at radius 3 is 2.56 bits per heavy atom. The molecule has 178 valence electrons. The number of nitriles is 1. The SMILES string of the molecule is COC(=O)COC(c1c(OC)cc(C)c2[nH]ccc12)(N1Cc2ccc(C#N)cc2C1)C(F)(F)F. The van der Waals surface area contributed by atoms with Crippen LogP contribution in [0.2, 0.25) is 0 Å². The predicted molar refractivity (Wildman–Crippen MR) is 116 cm³/mol. The molecule has 0 spiro atoms. The number of hydrogen-bond acceptors (Lipinski definition) is 6. The number of esters is 1. The molecule has 3 aromatic rings. The number of benzene rings is 2. The third-order valence-electron chi connectivity index (χ3n) is 6.08. The zero-order valence-corrected chi connectivity index (χ0v) is 18.7. The zero-order chi connectivity index (χ0) is 24.7. The first-order chi connectivity index (χ1) is 16.2. The van der Waals surface area contributed by atoms with Crippen molar-refractivity contribution in [1.82, 2.24) is 9.88 Å². The summed E-state index contributed by atoms with van der Waals surface area (Å²) in [5, 5.41) is 9.48. The molecule has 1 unspecified atom stereocenters. The quantitative estimate of drug-likeness (QED) is 0.538. The lowest BCUT2D eigenvalue weighted by atomic mass is 9.93. The number of rotatable bonds is 6. The van der Waals surface area contributed by atoms with E-state index in [1.54, 1.807) is 31.3 Å². The van der Waals surface area contributed by atoms with Gasteiger partial charge in [-0.05, 0) is 47.9 Å². The van der Waals surface area contributed by atoms with Crippen LogP contribution >= 0.6 is 0 Å². The molecule has 1 atom stereocenters. The van der Waals surface area contributed by atoms with Gasteiger partial charge < -0.3 is 19.2 Å². The normalized spacial score (nSPS) is 15.6. The van der Waals surface area contributed by atoms with Gasteiger partial charge in [-0.1, -0.05) is 6.07 Å². The van der Waals surface area contributed by atoms with Crippen LogP contribution in [0, 0.1) is 18.3 Å². The lowest BCUT2D eigenvalue weighted by Crippen LogP contribution is -2.57. The first-order valence-electron chi connectivity index (χ1n) is 10.4. The molecule has 1 N–H and O–H groups in total. The Hall–Kier alpha value is -3.55. The van der Waals surface area contributed by atoms with Crippen LogP contribution in [-0.2, 0) is 33.1 Å². The molecule has 1 aromatic heterocycles. The van der Waals surface area contributed by atoms with Crippen molar-refractivity contribution < 1.29 is 32.2 Å². The highest BCUT2D eigenvalue weighted by atomic mass is 19.4. The Morgan fingerprint density at radius 2 is 1.91 bits per heavy atom. The van der Waals surface area contributed by atoms with Crippen LogP contribution in [0.15, 0.2) is 36.5 Å². The minimum atomic E-state index is -4.99. The van der Waals surface area contributed by atoms with Crippen molar-refractivity contribution in [3.63, 3.8) is 0 Å². The lowest BCUT2D eigenvalue weighted by molar-refractivity contribution is -0.343. The number of hydrogen-bond donors (Lipinski definition) is 1. The smallest absolute Gasteiger partial charge is 0.436 e. The first-order valence-corrected chi connectivity index (χ1v) is 10.4. The minimum Gasteiger partial charge on any atom is -0.496 e. The summed E-state index contributed by atoms with van der Waals surface area (Å²) < 4.78 is 61.3. The number of H-pyrrole nitrogens is 1. The van der Waals surface area contributed by atoms with Crippen molar-refractivity contribution in [3.8, 4) is 11.8 Å². The van der Waals surface area contributed by atoms with Crippen LogP contribution in [0.25, 0.3) is 10.9 Å². The summed E-state index contributed by atoms with van der Waals surface area (Å²) in [5.74, 6) is -0.978. The molecule has 0 bridgehead atoms. The highest BCUT2D eigenvalue weighted by Gasteiger charge is 2.64. The molecule has 1 aliphatic rings. The maximum absolute atomic E-state index is 15.2. The molecule has 34 heavy (non-hydrogen) atoms. The number of aryl methyl sites for hydroxylation is 1. The van der Waals surface area contributed by atoms with Crippen LogP contribution in [0.1, 0.15) is 27.8 Å². The molecule has 10 heteroatoms. The average Bonchev–Trinajstić information content (AvgIpc) is 3.46. The number of nitrogens with zero attached hydrogens (tertiary/aromatic N) is 2. The van der Waals surface area contributed by atoms with Gasteiger partial charge in [-0.15, -0.1) is 0 Å². The molecule has 7 nitrogen and oxygen atoms in total. The zero-order valence-electron chi connectivity index (χ0n) is 18.7. The molecule has 2 aromatic carbocycles. The van der Waals surface area contributed by atoms with Crippen LogP contribution in [-0.4, -0.2) is 42.9 Å². The van der Waals surface area contributed by atoms with E-state index in [9.17, 15) is 10.1 Å². The second-order valence-corrected chi connectivity index (χ2v) is 8.00. The van der Waals surface area contributed by atoms with Gasteiger partial charge in [0.1, 0.15) is 12.4 Å². The molecular weight excluding hydrogens is 451 g/mol. The van der Waals surface area contributed by atoms with E-state index in [4.69, 9.17) is 9.47 Å². The van der Waals surface area contributed by atoms with Crippen molar-refractivity contribution in [2.45, 2.75) is 31.9 Å². The van der Waals surface area contributed by atoms with Crippen LogP contribution in [0.4, 0.5) is 13.2 Å². The van der Waals surface area contributed by atoms with Gasteiger partial charge in [-0.2, -0.15) is 18.4 Å². The number of aromatic nitrogens is 1. The fourth-order valence-electron chi connectivity index (χ4n) is 4.52. The highest BCUT2D eigenvalue weighted by Crippen LogP contribution is 2.53. The van der Waals surface area contributed by atoms with Gasteiger partial charge >= 0.3 is 12.1 Å². The van der Waals surface area contributed by atoms with E-state index in [-0.39, 0.29) is 29.8 Å². The Morgan fingerprint density at radius 1 is 1.18 bits per heavy atom. The van der Waals surface area contributed by atoms with E-state index in [0.29, 0.717) is 27.8 Å². The van der Waals surface area contributed by atoms with Gasteiger partial charge in [-0.25, -0.2) is 4.79 Å². The lowest BCUT2D eigenvalue weighted by Gasteiger charge is -2.43. The first kappa shape index (κ1) is 23.6. The number of fused-ring (bicyclic) bond motifs is 2. The molecule has 4 rings (SSSR count). The number of methoxy groups -OCH3 is 2. The Labute approximate surface area is 193 Å². The van der Waals surface area contributed by atoms with Crippen LogP contribution in [0.3, 0.4) is 0 Å².